The number of carbonyl (C=O) groups is 1. The van der Waals surface area contributed by atoms with Crippen LogP contribution in [0.25, 0.3) is 0 Å². The molecule has 2 nitrogen and oxygen atoms in total. The smallest absolute Gasteiger partial charge is 0.128 e. The molecule has 0 aliphatic heterocycles. The van der Waals surface area contributed by atoms with Gasteiger partial charge in [-0.05, 0) is 13.3 Å². The van der Waals surface area contributed by atoms with Crippen molar-refractivity contribution in [2.45, 2.75) is 39.7 Å². The van der Waals surface area contributed by atoms with Gasteiger partial charge in [0.1, 0.15) is 6.29 Å². The quantitative estimate of drug-likeness (QED) is 0.607. The van der Waals surface area contributed by atoms with Gasteiger partial charge in [0.2, 0.25) is 0 Å². The molecule has 0 saturated carbocycles. The third-order valence-corrected chi connectivity index (χ3v) is 2.37. The molecule has 1 N–H and O–H groups in total. The highest BCUT2D eigenvalue weighted by atomic mass is 16.3. The lowest BCUT2D eigenvalue weighted by atomic mass is 9.76. The first-order valence-corrected chi connectivity index (χ1v) is 3.56. The van der Waals surface area contributed by atoms with E-state index >= 15 is 0 Å². The molecule has 0 rings (SSSR count). The zero-order valence-electron chi connectivity index (χ0n) is 7.14. The monoisotopic (exact) mass is 144 g/mol. The molecule has 0 aromatic rings. The van der Waals surface area contributed by atoms with Crippen molar-refractivity contribution in [2.24, 2.45) is 5.41 Å². The van der Waals surface area contributed by atoms with E-state index in [0.29, 0.717) is 6.42 Å². The van der Waals surface area contributed by atoms with E-state index in [1.807, 2.05) is 6.92 Å². The second kappa shape index (κ2) is 2.70. The molecule has 1 atom stereocenters. The Hall–Kier alpha value is -0.370. The summed E-state index contributed by atoms with van der Waals surface area (Å²) in [5, 5.41) is 9.62. The number of carbonyl (C=O) groups excluding carboxylic acids is 1. The first kappa shape index (κ1) is 9.63. The molecule has 10 heavy (non-hydrogen) atoms. The van der Waals surface area contributed by atoms with Crippen molar-refractivity contribution < 1.29 is 9.90 Å². The lowest BCUT2D eigenvalue weighted by Crippen LogP contribution is -2.42. The maximum absolute atomic E-state index is 10.5. The second-order valence-corrected chi connectivity index (χ2v) is 3.47. The number of aliphatic hydroxyl groups is 1. The van der Waals surface area contributed by atoms with Gasteiger partial charge in [-0.25, -0.2) is 0 Å². The van der Waals surface area contributed by atoms with Gasteiger partial charge in [0, 0.05) is 5.41 Å². The van der Waals surface area contributed by atoms with Crippen molar-refractivity contribution in [3.63, 3.8) is 0 Å². The molecule has 0 aromatic heterocycles. The van der Waals surface area contributed by atoms with Crippen molar-refractivity contribution in [3.8, 4) is 0 Å². The zero-order chi connectivity index (χ0) is 8.41. The summed E-state index contributed by atoms with van der Waals surface area (Å²) in [6.45, 7) is 7.03. The van der Waals surface area contributed by atoms with Crippen LogP contribution in [0.4, 0.5) is 0 Å². The van der Waals surface area contributed by atoms with Gasteiger partial charge in [-0.2, -0.15) is 0 Å². The molecule has 0 aromatic carbocycles. The van der Waals surface area contributed by atoms with Crippen LogP contribution in [0.15, 0.2) is 0 Å². The summed E-state index contributed by atoms with van der Waals surface area (Å²) in [7, 11) is 0. The maximum Gasteiger partial charge on any atom is 0.128 e. The number of aldehydes is 1. The summed E-state index contributed by atoms with van der Waals surface area (Å²) in [6, 6.07) is 0. The fourth-order valence-corrected chi connectivity index (χ4v) is 0.583. The summed E-state index contributed by atoms with van der Waals surface area (Å²) >= 11 is 0. The second-order valence-electron chi connectivity index (χ2n) is 3.47. The molecular formula is C8H16O2. The van der Waals surface area contributed by atoms with Gasteiger partial charge in [-0.3, -0.25) is 0 Å². The van der Waals surface area contributed by atoms with Gasteiger partial charge in [0.25, 0.3) is 0 Å². The Morgan fingerprint density at radius 2 is 1.80 bits per heavy atom. The molecule has 2 heteroatoms. The Balaban J connectivity index is 4.43. The van der Waals surface area contributed by atoms with E-state index in [4.69, 9.17) is 0 Å². The minimum Gasteiger partial charge on any atom is -0.389 e. The Kier molecular flexibility index (Phi) is 2.60. The van der Waals surface area contributed by atoms with Crippen molar-refractivity contribution >= 4 is 6.29 Å². The van der Waals surface area contributed by atoms with Gasteiger partial charge < -0.3 is 9.90 Å². The topological polar surface area (TPSA) is 37.3 Å². The van der Waals surface area contributed by atoms with Crippen LogP contribution >= 0.6 is 0 Å². The summed E-state index contributed by atoms with van der Waals surface area (Å²) < 4.78 is 0. The lowest BCUT2D eigenvalue weighted by Gasteiger charge is -2.34. The van der Waals surface area contributed by atoms with Crippen molar-refractivity contribution in [2.75, 3.05) is 0 Å². The van der Waals surface area contributed by atoms with Gasteiger partial charge >= 0.3 is 0 Å². The molecule has 60 valence electrons. The molecular weight excluding hydrogens is 128 g/mol. The summed E-state index contributed by atoms with van der Waals surface area (Å²) in [5.74, 6) is 0. The minimum atomic E-state index is -0.880. The Morgan fingerprint density at radius 3 is 1.90 bits per heavy atom. The third kappa shape index (κ3) is 1.57. The van der Waals surface area contributed by atoms with Crippen LogP contribution in [0.2, 0.25) is 0 Å². The van der Waals surface area contributed by atoms with E-state index < -0.39 is 11.0 Å². The number of rotatable bonds is 3. The van der Waals surface area contributed by atoms with Crippen LogP contribution < -0.4 is 0 Å². The minimum absolute atomic E-state index is 0.596. The Labute approximate surface area is 62.2 Å². The average Bonchev–Trinajstić information content (AvgIpc) is 1.88. The van der Waals surface area contributed by atoms with Gasteiger partial charge in [0.15, 0.2) is 0 Å². The molecule has 0 saturated heterocycles. The predicted octanol–water partition coefficient (Wildman–Crippen LogP) is 1.37. The van der Waals surface area contributed by atoms with Crippen molar-refractivity contribution in [1.82, 2.24) is 0 Å². The molecule has 0 bridgehead atoms. The molecule has 0 aliphatic rings. The highest BCUT2D eigenvalue weighted by Crippen LogP contribution is 2.30. The lowest BCUT2D eigenvalue weighted by molar-refractivity contribution is -0.129. The summed E-state index contributed by atoms with van der Waals surface area (Å²) in [4.78, 5) is 10.5. The van der Waals surface area contributed by atoms with E-state index in [1.54, 1.807) is 20.8 Å². The Bertz CT molecular complexity index is 125. The van der Waals surface area contributed by atoms with Gasteiger partial charge in [-0.15, -0.1) is 0 Å². The molecule has 0 fully saturated rings. The molecule has 0 aliphatic carbocycles. The number of hydrogen-bond acceptors (Lipinski definition) is 2. The molecule has 0 radical (unpaired) electrons. The summed E-state index contributed by atoms with van der Waals surface area (Å²) in [6.07, 6.45) is 1.40. The molecule has 0 amide bonds. The van der Waals surface area contributed by atoms with Crippen LogP contribution in [0.1, 0.15) is 34.1 Å². The average molecular weight is 144 g/mol. The normalized spacial score (nSPS) is 18.1. The van der Waals surface area contributed by atoms with Crippen molar-refractivity contribution in [1.29, 1.82) is 0 Å². The van der Waals surface area contributed by atoms with E-state index in [-0.39, 0.29) is 0 Å². The van der Waals surface area contributed by atoms with Gasteiger partial charge in [-0.1, -0.05) is 20.8 Å². The van der Waals surface area contributed by atoms with Crippen LogP contribution in [0.5, 0.6) is 0 Å². The van der Waals surface area contributed by atoms with Crippen LogP contribution in [0, 0.1) is 5.41 Å². The van der Waals surface area contributed by atoms with Crippen LogP contribution in [-0.2, 0) is 4.79 Å². The predicted molar refractivity (Wildman–Crippen MR) is 40.8 cm³/mol. The van der Waals surface area contributed by atoms with E-state index in [2.05, 4.69) is 0 Å². The molecule has 0 heterocycles. The first-order valence-electron chi connectivity index (χ1n) is 3.56. The van der Waals surface area contributed by atoms with Gasteiger partial charge in [0.05, 0.1) is 5.60 Å². The maximum atomic E-state index is 10.5. The summed E-state index contributed by atoms with van der Waals surface area (Å²) in [5.41, 5.74) is -1.52. The van der Waals surface area contributed by atoms with Crippen molar-refractivity contribution in [3.05, 3.63) is 0 Å². The number of hydrogen-bond donors (Lipinski definition) is 1. The highest BCUT2D eigenvalue weighted by molar-refractivity contribution is 5.60. The standard InChI is InChI=1S/C8H16O2/c1-5-8(4,10)7(2,3)6-9/h6,10H,5H2,1-4H3. The fourth-order valence-electron chi connectivity index (χ4n) is 0.583. The SMILES string of the molecule is CCC(C)(O)C(C)(C)C=O. The molecule has 1 unspecified atom stereocenters. The van der Waals surface area contributed by atoms with Crippen LogP contribution in [-0.4, -0.2) is 17.0 Å². The van der Waals surface area contributed by atoms with E-state index in [1.165, 1.54) is 0 Å². The van der Waals surface area contributed by atoms with E-state index in [9.17, 15) is 9.90 Å². The van der Waals surface area contributed by atoms with Crippen LogP contribution in [0.3, 0.4) is 0 Å². The first-order chi connectivity index (χ1) is 4.37. The molecule has 0 spiro atoms. The third-order valence-electron chi connectivity index (χ3n) is 2.37. The van der Waals surface area contributed by atoms with E-state index in [0.717, 1.165) is 6.29 Å². The Morgan fingerprint density at radius 1 is 1.40 bits per heavy atom. The highest BCUT2D eigenvalue weighted by Gasteiger charge is 2.37. The largest absolute Gasteiger partial charge is 0.389 e. The zero-order valence-corrected chi connectivity index (χ0v) is 7.14. The fraction of sp³-hybridized carbons (Fsp3) is 0.875.